The molecular weight excluding hydrogens is 444 g/mol. The van der Waals surface area contributed by atoms with Crippen LogP contribution in [0.4, 0.5) is 0 Å². The average molecular weight is 475 g/mol. The van der Waals surface area contributed by atoms with Crippen LogP contribution in [0.5, 0.6) is 0 Å². The van der Waals surface area contributed by atoms with Crippen LogP contribution in [0.15, 0.2) is 51.1 Å². The lowest BCUT2D eigenvalue weighted by atomic mass is 10.2. The molecule has 33 heavy (non-hydrogen) atoms. The second-order valence-corrected chi connectivity index (χ2v) is 10.8. The fourth-order valence-corrected chi connectivity index (χ4v) is 5.63. The van der Waals surface area contributed by atoms with Crippen LogP contribution in [-0.4, -0.2) is 69.0 Å². The van der Waals surface area contributed by atoms with Crippen molar-refractivity contribution in [3.63, 3.8) is 0 Å². The molecular formula is C22H30N6O4S. The van der Waals surface area contributed by atoms with Crippen molar-refractivity contribution in [2.24, 2.45) is 13.0 Å². The minimum Gasteiger partial charge on any atom is -0.323 e. The van der Waals surface area contributed by atoms with Crippen molar-refractivity contribution in [2.75, 3.05) is 32.7 Å². The van der Waals surface area contributed by atoms with Crippen LogP contribution in [0, 0.1) is 5.92 Å². The monoisotopic (exact) mass is 474 g/mol. The Morgan fingerprint density at radius 1 is 1.00 bits per heavy atom. The summed E-state index contributed by atoms with van der Waals surface area (Å²) in [4.78, 5) is 32.3. The summed E-state index contributed by atoms with van der Waals surface area (Å²) in [5.74, 6) is 0.233. The number of piperazine rings is 1. The van der Waals surface area contributed by atoms with Gasteiger partial charge in [0.15, 0.2) is 11.2 Å². The summed E-state index contributed by atoms with van der Waals surface area (Å²) < 4.78 is 31.6. The lowest BCUT2D eigenvalue weighted by Gasteiger charge is -2.34. The van der Waals surface area contributed by atoms with E-state index in [4.69, 9.17) is 0 Å². The van der Waals surface area contributed by atoms with Gasteiger partial charge in [-0.25, -0.2) is 18.2 Å². The first-order valence-corrected chi connectivity index (χ1v) is 12.6. The Hall–Kier alpha value is -2.76. The predicted octanol–water partition coefficient (Wildman–Crippen LogP) is 0.559. The summed E-state index contributed by atoms with van der Waals surface area (Å²) >= 11 is 0. The van der Waals surface area contributed by atoms with E-state index in [1.165, 1.54) is 11.4 Å². The van der Waals surface area contributed by atoms with Gasteiger partial charge in [-0.3, -0.25) is 18.8 Å². The van der Waals surface area contributed by atoms with Gasteiger partial charge in [-0.05, 0) is 18.1 Å². The van der Waals surface area contributed by atoms with Crippen molar-refractivity contribution in [3.8, 4) is 0 Å². The molecule has 3 heterocycles. The molecule has 0 saturated carbocycles. The smallest absolute Gasteiger partial charge is 0.323 e. The lowest BCUT2D eigenvalue weighted by Crippen LogP contribution is -2.49. The van der Waals surface area contributed by atoms with Crippen molar-refractivity contribution in [1.29, 1.82) is 0 Å². The van der Waals surface area contributed by atoms with Crippen LogP contribution in [0.2, 0.25) is 0 Å². The van der Waals surface area contributed by atoms with E-state index < -0.39 is 10.0 Å². The molecule has 1 aromatic carbocycles. The first-order valence-electron chi connectivity index (χ1n) is 11.1. The van der Waals surface area contributed by atoms with Gasteiger partial charge in [0.05, 0.1) is 11.2 Å². The van der Waals surface area contributed by atoms with Crippen molar-refractivity contribution >= 4 is 21.2 Å². The highest BCUT2D eigenvalue weighted by atomic mass is 32.2. The fourth-order valence-electron chi connectivity index (χ4n) is 4.19. The van der Waals surface area contributed by atoms with Crippen molar-refractivity contribution in [3.05, 3.63) is 57.5 Å². The van der Waals surface area contributed by atoms with E-state index in [9.17, 15) is 18.0 Å². The molecule has 0 bridgehead atoms. The second-order valence-electron chi connectivity index (χ2n) is 8.82. The Labute approximate surface area is 192 Å². The Bertz CT molecular complexity index is 1350. The Morgan fingerprint density at radius 3 is 2.30 bits per heavy atom. The van der Waals surface area contributed by atoms with E-state index in [2.05, 4.69) is 9.88 Å². The number of nitrogens with zero attached hydrogens (tertiary/aromatic N) is 6. The Kier molecular flexibility index (Phi) is 6.55. The number of rotatable bonds is 7. The number of fused-ring (bicyclic) bond motifs is 1. The number of imidazole rings is 1. The first kappa shape index (κ1) is 23.4. The van der Waals surface area contributed by atoms with Gasteiger partial charge in [-0.1, -0.05) is 32.0 Å². The third-order valence-corrected chi connectivity index (χ3v) is 7.93. The zero-order valence-corrected chi connectivity index (χ0v) is 20.0. The number of aromatic nitrogens is 4. The molecule has 0 atom stereocenters. The van der Waals surface area contributed by atoms with Crippen LogP contribution in [0.1, 0.15) is 13.8 Å². The molecule has 0 N–H and O–H groups in total. The second kappa shape index (κ2) is 9.24. The molecule has 1 saturated heterocycles. The van der Waals surface area contributed by atoms with Crippen LogP contribution < -0.4 is 11.2 Å². The summed E-state index contributed by atoms with van der Waals surface area (Å²) in [6.45, 7) is 7.72. The van der Waals surface area contributed by atoms with Crippen molar-refractivity contribution in [2.45, 2.75) is 31.8 Å². The van der Waals surface area contributed by atoms with Gasteiger partial charge in [0.2, 0.25) is 10.0 Å². The molecule has 0 unspecified atom stereocenters. The van der Waals surface area contributed by atoms with E-state index in [0.717, 1.165) is 4.57 Å². The van der Waals surface area contributed by atoms with Gasteiger partial charge in [-0.2, -0.15) is 4.31 Å². The molecule has 0 amide bonds. The number of benzene rings is 1. The molecule has 1 aliphatic rings. The van der Waals surface area contributed by atoms with Crippen LogP contribution in [-0.2, 0) is 30.2 Å². The predicted molar refractivity (Wildman–Crippen MR) is 126 cm³/mol. The van der Waals surface area contributed by atoms with Gasteiger partial charge in [0.1, 0.15) is 0 Å². The molecule has 10 nitrogen and oxygen atoms in total. The van der Waals surface area contributed by atoms with E-state index in [1.807, 2.05) is 13.8 Å². The highest BCUT2D eigenvalue weighted by Crippen LogP contribution is 2.17. The minimum absolute atomic E-state index is 0.233. The maximum atomic E-state index is 12.8. The Morgan fingerprint density at radius 2 is 1.67 bits per heavy atom. The van der Waals surface area contributed by atoms with E-state index in [1.54, 1.807) is 45.8 Å². The zero-order chi connectivity index (χ0) is 23.8. The summed E-state index contributed by atoms with van der Waals surface area (Å²) in [6, 6.07) is 8.48. The molecule has 1 aliphatic heterocycles. The van der Waals surface area contributed by atoms with Gasteiger partial charge < -0.3 is 4.57 Å². The van der Waals surface area contributed by atoms with Gasteiger partial charge in [0.25, 0.3) is 5.56 Å². The largest absolute Gasteiger partial charge is 0.332 e. The maximum absolute atomic E-state index is 12.8. The van der Waals surface area contributed by atoms with E-state index in [-0.39, 0.29) is 17.2 Å². The lowest BCUT2D eigenvalue weighted by molar-refractivity contribution is 0.183. The van der Waals surface area contributed by atoms with E-state index in [0.29, 0.717) is 61.9 Å². The SMILES string of the molecule is CC(C)Cn1c(=O)n(C)c(=O)c2c1ncn2CCN1CCN(S(=O)(=O)c2ccccc2)CC1. The number of hydrogen-bond donors (Lipinski definition) is 0. The average Bonchev–Trinajstić information content (AvgIpc) is 3.23. The van der Waals surface area contributed by atoms with Crippen LogP contribution in [0.25, 0.3) is 11.2 Å². The Balaban J connectivity index is 1.47. The molecule has 178 valence electrons. The number of sulfonamides is 1. The van der Waals surface area contributed by atoms with Gasteiger partial charge >= 0.3 is 5.69 Å². The zero-order valence-electron chi connectivity index (χ0n) is 19.2. The minimum atomic E-state index is -3.49. The molecule has 4 rings (SSSR count). The molecule has 0 radical (unpaired) electrons. The molecule has 2 aromatic heterocycles. The quantitative estimate of drug-likeness (QED) is 0.496. The normalized spacial score (nSPS) is 16.1. The van der Waals surface area contributed by atoms with Crippen molar-refractivity contribution in [1.82, 2.24) is 27.9 Å². The molecule has 3 aromatic rings. The third-order valence-electron chi connectivity index (χ3n) is 6.02. The third kappa shape index (κ3) is 4.53. The molecule has 0 spiro atoms. The van der Waals surface area contributed by atoms with Crippen LogP contribution >= 0.6 is 0 Å². The van der Waals surface area contributed by atoms with Gasteiger partial charge in [-0.15, -0.1) is 0 Å². The van der Waals surface area contributed by atoms with E-state index >= 15 is 0 Å². The van der Waals surface area contributed by atoms with Gasteiger partial charge in [0, 0.05) is 52.9 Å². The molecule has 0 aliphatic carbocycles. The fraction of sp³-hybridized carbons (Fsp3) is 0.500. The summed E-state index contributed by atoms with van der Waals surface area (Å²) in [6.07, 6.45) is 1.61. The number of hydrogen-bond acceptors (Lipinski definition) is 6. The topological polar surface area (TPSA) is 102 Å². The summed E-state index contributed by atoms with van der Waals surface area (Å²) in [7, 11) is -2.00. The first-order chi connectivity index (χ1) is 15.7. The van der Waals surface area contributed by atoms with Crippen molar-refractivity contribution < 1.29 is 8.42 Å². The molecule has 1 fully saturated rings. The molecule has 11 heteroatoms. The summed E-state index contributed by atoms with van der Waals surface area (Å²) in [5.41, 5.74) is 0.118. The summed E-state index contributed by atoms with van der Waals surface area (Å²) in [5, 5.41) is 0. The highest BCUT2D eigenvalue weighted by Gasteiger charge is 2.28. The van der Waals surface area contributed by atoms with Crippen LogP contribution in [0.3, 0.4) is 0 Å². The highest BCUT2D eigenvalue weighted by molar-refractivity contribution is 7.89. The standard InChI is InChI=1S/C22H30N6O4S/c1-17(2)15-28-20-19(21(29)24(3)22(28)30)26(16-23-20)12-9-25-10-13-27(14-11-25)33(31,32)18-7-5-4-6-8-18/h4-8,16-17H,9-15H2,1-3H3. The maximum Gasteiger partial charge on any atom is 0.332 e.